The van der Waals surface area contributed by atoms with Crippen LogP contribution < -0.4 is 5.73 Å². The lowest BCUT2D eigenvalue weighted by molar-refractivity contribution is -0.123. The molecule has 0 fully saturated rings. The van der Waals surface area contributed by atoms with Crippen molar-refractivity contribution < 1.29 is 4.79 Å². The molecule has 3 nitrogen and oxygen atoms in total. The molecule has 1 aromatic carbocycles. The third-order valence-electron chi connectivity index (χ3n) is 3.36. The van der Waals surface area contributed by atoms with Crippen LogP contribution in [-0.2, 0) is 17.8 Å². The number of nitrogens with two attached hydrogens (primary N) is 1. The molecule has 1 aromatic rings. The van der Waals surface area contributed by atoms with Crippen LogP contribution in [0.25, 0.3) is 0 Å². The largest absolute Gasteiger partial charge is 0.368 e. The maximum absolute atomic E-state index is 11.2. The predicted molar refractivity (Wildman–Crippen MR) is 63.9 cm³/mol. The van der Waals surface area contributed by atoms with Gasteiger partial charge in [-0.05, 0) is 31.4 Å². The van der Waals surface area contributed by atoms with Gasteiger partial charge in [-0.15, -0.1) is 0 Å². The molecule has 0 aromatic heterocycles. The molecule has 0 spiro atoms. The molecule has 0 saturated heterocycles. The molecule has 3 heteroatoms. The summed E-state index contributed by atoms with van der Waals surface area (Å²) >= 11 is 0. The molecule has 2 N–H and O–H groups in total. The lowest BCUT2D eigenvalue weighted by Crippen LogP contribution is -2.45. The first kappa shape index (κ1) is 11.1. The SMILES string of the molecule is Cc1ccc2c(c1)CN(C(C)C(N)=O)CC2. The highest BCUT2D eigenvalue weighted by atomic mass is 16.1. The lowest BCUT2D eigenvalue weighted by Gasteiger charge is -2.32. The van der Waals surface area contributed by atoms with Crippen LogP contribution >= 0.6 is 0 Å². The first-order chi connectivity index (χ1) is 7.58. The third kappa shape index (κ3) is 2.09. The van der Waals surface area contributed by atoms with E-state index in [-0.39, 0.29) is 11.9 Å². The fraction of sp³-hybridized carbons (Fsp3) is 0.462. The molecular formula is C13H18N2O. The van der Waals surface area contributed by atoms with Crippen molar-refractivity contribution in [3.8, 4) is 0 Å². The number of hydrogen-bond donors (Lipinski definition) is 1. The van der Waals surface area contributed by atoms with Gasteiger partial charge in [0, 0.05) is 13.1 Å². The van der Waals surface area contributed by atoms with Crippen LogP contribution in [0, 0.1) is 6.92 Å². The van der Waals surface area contributed by atoms with Gasteiger partial charge in [-0.3, -0.25) is 9.69 Å². The summed E-state index contributed by atoms with van der Waals surface area (Å²) in [6.45, 7) is 5.72. The molecule has 1 aliphatic heterocycles. The van der Waals surface area contributed by atoms with Gasteiger partial charge in [-0.1, -0.05) is 23.8 Å². The van der Waals surface area contributed by atoms with Gasteiger partial charge in [0.2, 0.25) is 5.91 Å². The topological polar surface area (TPSA) is 46.3 Å². The average molecular weight is 218 g/mol. The molecule has 16 heavy (non-hydrogen) atoms. The Hall–Kier alpha value is -1.35. The zero-order valence-corrected chi connectivity index (χ0v) is 9.86. The summed E-state index contributed by atoms with van der Waals surface area (Å²) < 4.78 is 0. The van der Waals surface area contributed by atoms with Crippen molar-refractivity contribution in [2.24, 2.45) is 5.73 Å². The van der Waals surface area contributed by atoms with Crippen LogP contribution in [0.5, 0.6) is 0 Å². The summed E-state index contributed by atoms with van der Waals surface area (Å²) in [7, 11) is 0. The zero-order valence-electron chi connectivity index (χ0n) is 9.86. The minimum absolute atomic E-state index is 0.173. The number of fused-ring (bicyclic) bond motifs is 1. The first-order valence-corrected chi connectivity index (χ1v) is 5.69. The Morgan fingerprint density at radius 1 is 1.44 bits per heavy atom. The first-order valence-electron chi connectivity index (χ1n) is 5.69. The summed E-state index contributed by atoms with van der Waals surface area (Å²) in [5.41, 5.74) is 9.34. The van der Waals surface area contributed by atoms with Crippen molar-refractivity contribution in [1.82, 2.24) is 4.90 Å². The van der Waals surface area contributed by atoms with Crippen LogP contribution in [0.2, 0.25) is 0 Å². The highest BCUT2D eigenvalue weighted by Crippen LogP contribution is 2.21. The monoisotopic (exact) mass is 218 g/mol. The number of carbonyl (C=O) groups excluding carboxylic acids is 1. The van der Waals surface area contributed by atoms with Crippen LogP contribution in [0.15, 0.2) is 18.2 Å². The molecule has 0 radical (unpaired) electrons. The van der Waals surface area contributed by atoms with Gasteiger partial charge < -0.3 is 5.73 Å². The Bertz CT molecular complexity index is 414. The van der Waals surface area contributed by atoms with Crippen molar-refractivity contribution in [3.63, 3.8) is 0 Å². The van der Waals surface area contributed by atoms with E-state index in [0.717, 1.165) is 19.5 Å². The van der Waals surface area contributed by atoms with Crippen molar-refractivity contribution in [3.05, 3.63) is 34.9 Å². The van der Waals surface area contributed by atoms with Crippen molar-refractivity contribution >= 4 is 5.91 Å². The number of hydrogen-bond acceptors (Lipinski definition) is 2. The van der Waals surface area contributed by atoms with Gasteiger partial charge in [-0.2, -0.15) is 0 Å². The third-order valence-corrected chi connectivity index (χ3v) is 3.36. The Balaban J connectivity index is 2.19. The normalized spacial score (nSPS) is 17.9. The molecular weight excluding hydrogens is 200 g/mol. The van der Waals surface area contributed by atoms with E-state index in [0.29, 0.717) is 0 Å². The minimum Gasteiger partial charge on any atom is -0.368 e. The van der Waals surface area contributed by atoms with Gasteiger partial charge in [0.15, 0.2) is 0 Å². The molecule has 86 valence electrons. The molecule has 1 unspecified atom stereocenters. The van der Waals surface area contributed by atoms with Crippen molar-refractivity contribution in [1.29, 1.82) is 0 Å². The number of carbonyl (C=O) groups is 1. The zero-order chi connectivity index (χ0) is 11.7. The maximum atomic E-state index is 11.2. The summed E-state index contributed by atoms with van der Waals surface area (Å²) in [6, 6.07) is 6.37. The van der Waals surface area contributed by atoms with E-state index in [4.69, 9.17) is 5.73 Å². The standard InChI is InChI=1S/C13H18N2O/c1-9-3-4-11-5-6-15(8-12(11)7-9)10(2)13(14)16/h3-4,7,10H,5-6,8H2,1-2H3,(H2,14,16). The second kappa shape index (κ2) is 4.26. The van der Waals surface area contributed by atoms with Crippen LogP contribution in [0.1, 0.15) is 23.6 Å². The number of primary amides is 1. The van der Waals surface area contributed by atoms with Crippen LogP contribution in [0.4, 0.5) is 0 Å². The number of benzene rings is 1. The van der Waals surface area contributed by atoms with E-state index in [9.17, 15) is 4.79 Å². The van der Waals surface area contributed by atoms with Crippen LogP contribution in [0.3, 0.4) is 0 Å². The smallest absolute Gasteiger partial charge is 0.234 e. The van der Waals surface area contributed by atoms with E-state index in [1.54, 1.807) is 0 Å². The van der Waals surface area contributed by atoms with E-state index in [2.05, 4.69) is 30.0 Å². The average Bonchev–Trinajstić information content (AvgIpc) is 2.26. The summed E-state index contributed by atoms with van der Waals surface area (Å²) in [6.07, 6.45) is 1.01. The summed E-state index contributed by atoms with van der Waals surface area (Å²) in [4.78, 5) is 13.3. The predicted octanol–water partition coefficient (Wildman–Crippen LogP) is 1.23. The second-order valence-electron chi connectivity index (χ2n) is 4.57. The van der Waals surface area contributed by atoms with Crippen molar-refractivity contribution in [2.75, 3.05) is 6.54 Å². The van der Waals surface area contributed by atoms with Gasteiger partial charge in [0.05, 0.1) is 6.04 Å². The highest BCUT2D eigenvalue weighted by molar-refractivity contribution is 5.79. The van der Waals surface area contributed by atoms with E-state index in [1.165, 1.54) is 16.7 Å². The quantitative estimate of drug-likeness (QED) is 0.811. The van der Waals surface area contributed by atoms with E-state index in [1.807, 2.05) is 6.92 Å². The van der Waals surface area contributed by atoms with E-state index < -0.39 is 0 Å². The molecule has 0 bridgehead atoms. The van der Waals surface area contributed by atoms with E-state index >= 15 is 0 Å². The Morgan fingerprint density at radius 2 is 2.19 bits per heavy atom. The molecule has 2 rings (SSSR count). The second-order valence-corrected chi connectivity index (χ2v) is 4.57. The molecule has 0 saturated carbocycles. The van der Waals surface area contributed by atoms with Crippen LogP contribution in [-0.4, -0.2) is 23.4 Å². The minimum atomic E-state index is -0.240. The number of rotatable bonds is 2. The van der Waals surface area contributed by atoms with Gasteiger partial charge in [0.25, 0.3) is 0 Å². The maximum Gasteiger partial charge on any atom is 0.234 e. The molecule has 1 amide bonds. The molecule has 0 aliphatic carbocycles. The number of nitrogens with zero attached hydrogens (tertiary/aromatic N) is 1. The Kier molecular flexibility index (Phi) is 2.97. The molecule has 1 aliphatic rings. The molecule has 1 atom stereocenters. The molecule has 1 heterocycles. The fourth-order valence-electron chi connectivity index (χ4n) is 2.22. The van der Waals surface area contributed by atoms with Gasteiger partial charge in [0.1, 0.15) is 0 Å². The van der Waals surface area contributed by atoms with Gasteiger partial charge >= 0.3 is 0 Å². The lowest BCUT2D eigenvalue weighted by atomic mass is 9.97. The van der Waals surface area contributed by atoms with Gasteiger partial charge in [-0.25, -0.2) is 0 Å². The fourth-order valence-corrected chi connectivity index (χ4v) is 2.22. The number of aryl methyl sites for hydroxylation is 1. The Labute approximate surface area is 96.2 Å². The summed E-state index contributed by atoms with van der Waals surface area (Å²) in [5, 5.41) is 0. The Morgan fingerprint density at radius 3 is 2.88 bits per heavy atom. The van der Waals surface area contributed by atoms with Crippen molar-refractivity contribution in [2.45, 2.75) is 32.9 Å². The summed E-state index contributed by atoms with van der Waals surface area (Å²) in [5.74, 6) is -0.240. The highest BCUT2D eigenvalue weighted by Gasteiger charge is 2.23. The number of amides is 1.